The van der Waals surface area contributed by atoms with Crippen LogP contribution in [0.4, 0.5) is 16.2 Å². The Morgan fingerprint density at radius 3 is 2.31 bits per heavy atom. The molecule has 0 atom stereocenters. The monoisotopic (exact) mass is 529 g/mol. The van der Waals surface area contributed by atoms with Crippen molar-refractivity contribution in [1.29, 1.82) is 5.26 Å². The van der Waals surface area contributed by atoms with Crippen LogP contribution in [-0.2, 0) is 16.1 Å². The molecule has 0 fully saturated rings. The summed E-state index contributed by atoms with van der Waals surface area (Å²) in [4.78, 5) is 29.6. The molecule has 9 nitrogen and oxygen atoms in total. The second kappa shape index (κ2) is 13.5. The first-order valence-electron chi connectivity index (χ1n) is 12.8. The van der Waals surface area contributed by atoms with Crippen molar-refractivity contribution in [2.24, 2.45) is 0 Å². The lowest BCUT2D eigenvalue weighted by atomic mass is 10.0. The number of aromatic nitrogens is 1. The maximum Gasteiger partial charge on any atom is 0.412 e. The van der Waals surface area contributed by atoms with Crippen molar-refractivity contribution in [2.75, 3.05) is 23.8 Å². The van der Waals surface area contributed by atoms with Crippen LogP contribution < -0.4 is 16.0 Å². The van der Waals surface area contributed by atoms with Crippen LogP contribution in [0, 0.1) is 11.3 Å². The van der Waals surface area contributed by atoms with Crippen molar-refractivity contribution in [1.82, 2.24) is 10.3 Å². The molecular formula is C30H35N5O4. The number of carbonyl (C=O) groups is 2. The van der Waals surface area contributed by atoms with Gasteiger partial charge in [-0.15, -0.1) is 0 Å². The quantitative estimate of drug-likeness (QED) is 0.286. The lowest BCUT2D eigenvalue weighted by Crippen LogP contribution is -2.27. The number of rotatable bonds is 10. The first-order valence-corrected chi connectivity index (χ1v) is 12.8. The van der Waals surface area contributed by atoms with Crippen LogP contribution in [0.15, 0.2) is 60.8 Å². The van der Waals surface area contributed by atoms with Gasteiger partial charge in [0, 0.05) is 29.9 Å². The summed E-state index contributed by atoms with van der Waals surface area (Å²) in [6.07, 6.45) is 1.08. The summed E-state index contributed by atoms with van der Waals surface area (Å²) >= 11 is 0. The molecule has 0 bridgehead atoms. The van der Waals surface area contributed by atoms with Crippen LogP contribution in [0.3, 0.4) is 0 Å². The largest absolute Gasteiger partial charge is 0.444 e. The van der Waals surface area contributed by atoms with E-state index in [2.05, 4.69) is 40.9 Å². The second-order valence-electron chi connectivity index (χ2n) is 10.2. The van der Waals surface area contributed by atoms with E-state index in [1.807, 2.05) is 0 Å². The first kappa shape index (κ1) is 29.3. The molecule has 0 aliphatic carbocycles. The third-order valence-corrected chi connectivity index (χ3v) is 5.36. The molecule has 3 rings (SSSR count). The molecule has 0 unspecified atom stereocenters. The van der Waals surface area contributed by atoms with Gasteiger partial charge in [-0.2, -0.15) is 5.26 Å². The Kier molecular flexibility index (Phi) is 10.1. The molecule has 2 aromatic carbocycles. The van der Waals surface area contributed by atoms with Crippen molar-refractivity contribution < 1.29 is 19.1 Å². The molecular weight excluding hydrogens is 494 g/mol. The van der Waals surface area contributed by atoms with Gasteiger partial charge >= 0.3 is 6.09 Å². The van der Waals surface area contributed by atoms with Gasteiger partial charge in [-0.25, -0.2) is 4.79 Å². The zero-order valence-corrected chi connectivity index (χ0v) is 23.0. The molecule has 39 heavy (non-hydrogen) atoms. The summed E-state index contributed by atoms with van der Waals surface area (Å²) in [5, 5.41) is 18.5. The number of pyridine rings is 1. The fourth-order valence-electron chi connectivity index (χ4n) is 3.60. The lowest BCUT2D eigenvalue weighted by Gasteiger charge is -2.20. The van der Waals surface area contributed by atoms with Crippen molar-refractivity contribution in [3.8, 4) is 17.3 Å². The Labute approximate surface area is 229 Å². The zero-order chi connectivity index (χ0) is 28.4. The highest BCUT2D eigenvalue weighted by molar-refractivity contribution is 6.07. The third-order valence-electron chi connectivity index (χ3n) is 5.36. The van der Waals surface area contributed by atoms with E-state index in [1.165, 1.54) is 0 Å². The number of ether oxygens (including phenoxy) is 2. The molecule has 0 aliphatic heterocycles. The summed E-state index contributed by atoms with van der Waals surface area (Å²) in [6.45, 7) is 11.2. The van der Waals surface area contributed by atoms with Gasteiger partial charge in [-0.1, -0.05) is 38.1 Å². The highest BCUT2D eigenvalue weighted by Gasteiger charge is 2.18. The predicted octanol–water partition coefficient (Wildman–Crippen LogP) is 5.73. The molecule has 204 valence electrons. The highest BCUT2D eigenvalue weighted by Crippen LogP contribution is 2.25. The number of carbonyl (C=O) groups excluding carboxylic acids is 2. The van der Waals surface area contributed by atoms with E-state index < -0.39 is 11.7 Å². The summed E-state index contributed by atoms with van der Waals surface area (Å²) in [6, 6.07) is 18.1. The third kappa shape index (κ3) is 9.21. The van der Waals surface area contributed by atoms with Crippen LogP contribution in [0.25, 0.3) is 11.3 Å². The van der Waals surface area contributed by atoms with Crippen molar-refractivity contribution in [3.05, 3.63) is 77.5 Å². The number of nitrogens with one attached hydrogen (secondary N) is 3. The van der Waals surface area contributed by atoms with E-state index in [0.29, 0.717) is 53.0 Å². The smallest absolute Gasteiger partial charge is 0.412 e. The van der Waals surface area contributed by atoms with Gasteiger partial charge in [0.05, 0.1) is 35.8 Å². The molecule has 0 aliphatic rings. The van der Waals surface area contributed by atoms with Gasteiger partial charge in [-0.05, 0) is 56.7 Å². The van der Waals surface area contributed by atoms with Crippen LogP contribution in [0.2, 0.25) is 0 Å². The number of nitrogens with zero attached hydrogens (tertiary/aromatic N) is 2. The average molecular weight is 530 g/mol. The molecule has 3 aromatic rings. The molecule has 1 aromatic heterocycles. The maximum atomic E-state index is 12.9. The van der Waals surface area contributed by atoms with Crippen LogP contribution >= 0.6 is 0 Å². The minimum atomic E-state index is -0.650. The second-order valence-corrected chi connectivity index (χ2v) is 10.2. The molecule has 0 saturated heterocycles. The molecule has 2 amide bonds. The number of amides is 2. The number of hydrogen-bond acceptors (Lipinski definition) is 7. The molecule has 1 heterocycles. The fraction of sp³-hybridized carbons (Fsp3) is 0.333. The summed E-state index contributed by atoms with van der Waals surface area (Å²) in [5.41, 5.74) is 3.09. The van der Waals surface area contributed by atoms with Crippen LogP contribution in [0.5, 0.6) is 0 Å². The van der Waals surface area contributed by atoms with Crippen molar-refractivity contribution >= 4 is 23.4 Å². The van der Waals surface area contributed by atoms with Gasteiger partial charge in [0.25, 0.3) is 5.91 Å². The SMILES string of the molecule is CC(C)NCCOCc1cnc(-c2ccc(C(=O)Nc3ccccc3NC(=O)OC(C)(C)C)cc2)c(C#N)c1. The lowest BCUT2D eigenvalue weighted by molar-refractivity contribution is 0.0635. The molecule has 0 spiro atoms. The first-order chi connectivity index (χ1) is 18.6. The minimum Gasteiger partial charge on any atom is -0.444 e. The minimum absolute atomic E-state index is 0.354. The van der Waals surface area contributed by atoms with E-state index in [0.717, 1.165) is 12.1 Å². The number of hydrogen-bond donors (Lipinski definition) is 3. The molecule has 0 saturated carbocycles. The number of anilines is 2. The van der Waals surface area contributed by atoms with E-state index >= 15 is 0 Å². The standard InChI is InChI=1S/C30H35N5O4/c1-20(2)32-14-15-38-19-21-16-24(17-31)27(33-18-21)22-10-12-23(13-11-22)28(36)34-25-8-6-7-9-26(25)35-29(37)39-30(3,4)5/h6-13,16,18,20,32H,14-15,19H2,1-5H3,(H,34,36)(H,35,37). The van der Waals surface area contributed by atoms with Gasteiger partial charge in [0.1, 0.15) is 11.7 Å². The molecule has 9 heteroatoms. The van der Waals surface area contributed by atoms with E-state index in [9.17, 15) is 14.9 Å². The average Bonchev–Trinajstić information content (AvgIpc) is 2.88. The molecule has 0 radical (unpaired) electrons. The van der Waals surface area contributed by atoms with Crippen LogP contribution in [-0.4, -0.2) is 41.8 Å². The number of para-hydroxylation sites is 2. The Hall–Kier alpha value is -4.26. The highest BCUT2D eigenvalue weighted by atomic mass is 16.6. The Morgan fingerprint density at radius 1 is 1.03 bits per heavy atom. The van der Waals surface area contributed by atoms with Crippen molar-refractivity contribution in [3.63, 3.8) is 0 Å². The normalized spacial score (nSPS) is 11.1. The van der Waals surface area contributed by atoms with Crippen molar-refractivity contribution in [2.45, 2.75) is 52.9 Å². The fourth-order valence-corrected chi connectivity index (χ4v) is 3.60. The summed E-state index contributed by atoms with van der Waals surface area (Å²) < 4.78 is 11.0. The number of benzene rings is 2. The number of nitriles is 1. The summed E-state index contributed by atoms with van der Waals surface area (Å²) in [7, 11) is 0. The van der Waals surface area contributed by atoms with Gasteiger partial charge in [-0.3, -0.25) is 15.1 Å². The topological polar surface area (TPSA) is 125 Å². The van der Waals surface area contributed by atoms with Gasteiger partial charge < -0.3 is 20.1 Å². The summed E-state index contributed by atoms with van der Waals surface area (Å²) in [5.74, 6) is -0.354. The zero-order valence-electron chi connectivity index (χ0n) is 23.0. The molecule has 3 N–H and O–H groups in total. The Bertz CT molecular complexity index is 1320. The Balaban J connectivity index is 1.66. The van der Waals surface area contributed by atoms with Gasteiger partial charge in [0.2, 0.25) is 0 Å². The van der Waals surface area contributed by atoms with Gasteiger partial charge in [0.15, 0.2) is 0 Å². The maximum absolute atomic E-state index is 12.9. The predicted molar refractivity (Wildman–Crippen MR) is 151 cm³/mol. The van der Waals surface area contributed by atoms with E-state index in [1.54, 1.807) is 81.6 Å². The van der Waals surface area contributed by atoms with E-state index in [-0.39, 0.29) is 5.91 Å². The Morgan fingerprint density at radius 2 is 1.69 bits per heavy atom. The van der Waals surface area contributed by atoms with Crippen LogP contribution in [0.1, 0.15) is 56.1 Å². The van der Waals surface area contributed by atoms with E-state index in [4.69, 9.17) is 9.47 Å².